The molecule has 12 rings (SSSR count). The topological polar surface area (TPSA) is 15.5 Å². The number of pyridine rings is 4. The van der Waals surface area contributed by atoms with E-state index in [0.717, 1.165) is 39.2 Å². The highest BCUT2D eigenvalue weighted by Gasteiger charge is 2.19. The van der Waals surface area contributed by atoms with Gasteiger partial charge in [0.05, 0.1) is 0 Å². The molecule has 0 aliphatic heterocycles. The van der Waals surface area contributed by atoms with Gasteiger partial charge in [0.2, 0.25) is 22.8 Å². The summed E-state index contributed by atoms with van der Waals surface area (Å²) < 4.78 is 53.9. The standard InChI is InChI=1S/C21H22N.2C20H20N.C19H18N.CH4/c1-15-10-11-19(16(2)12-15)21-13-17(3)20(14-22(21)4)18-8-6-5-7-9-18;1-15-9-7-8-12-18(15)20-13-19(16(2)14-21(20)3)17-10-5-4-6-11-17;1-15-9-11-19(16(2)13-15)20-12-10-18(14-21(20)3)17-7-5-4-6-8-17;1-15-8-6-7-11-18(15)19-14-17(12-13-20(19)2)16-9-4-3-5-10-16;/h5-14H,1-4H3;2*4-14H,1-3H3;3-14H,1-2H3;1H4/q4*+1;/i1D3;;1D3;;. The minimum absolute atomic E-state index is 0. The van der Waals surface area contributed by atoms with E-state index in [-0.39, 0.29) is 7.43 Å². The van der Waals surface area contributed by atoms with Crippen LogP contribution in [0.3, 0.4) is 0 Å². The Morgan fingerprint density at radius 3 is 1.14 bits per heavy atom. The molecule has 4 heterocycles. The summed E-state index contributed by atoms with van der Waals surface area (Å²) in [5.74, 6) is 0. The van der Waals surface area contributed by atoms with Gasteiger partial charge in [0.25, 0.3) is 0 Å². The number of hydrogen-bond donors (Lipinski definition) is 0. The van der Waals surface area contributed by atoms with Crippen LogP contribution < -0.4 is 18.3 Å². The molecule has 0 spiro atoms. The van der Waals surface area contributed by atoms with Crippen molar-refractivity contribution in [2.75, 3.05) is 0 Å². The number of aryl methyl sites for hydroxylation is 12. The molecule has 0 fully saturated rings. The van der Waals surface area contributed by atoms with Gasteiger partial charge in [-0.2, -0.15) is 0 Å². The van der Waals surface area contributed by atoms with Gasteiger partial charge in [-0.15, -0.1) is 0 Å². The van der Waals surface area contributed by atoms with Gasteiger partial charge in [0, 0.05) is 77.5 Å². The summed E-state index contributed by atoms with van der Waals surface area (Å²) in [6.07, 6.45) is 8.58. The first-order valence-corrected chi connectivity index (χ1v) is 28.6. The van der Waals surface area contributed by atoms with Crippen LogP contribution in [0, 0.1) is 55.2 Å². The number of aromatic nitrogens is 4. The van der Waals surface area contributed by atoms with Crippen molar-refractivity contribution < 1.29 is 26.5 Å². The molecule has 0 amide bonds. The van der Waals surface area contributed by atoms with Gasteiger partial charge in [-0.05, 0) is 147 Å². The molecule has 0 N–H and O–H groups in total. The number of hydrogen-bond acceptors (Lipinski definition) is 0. The minimum Gasteiger partial charge on any atom is -0.201 e. The summed E-state index contributed by atoms with van der Waals surface area (Å²) in [5, 5.41) is 0. The van der Waals surface area contributed by atoms with Gasteiger partial charge in [0.1, 0.15) is 28.2 Å². The molecule has 424 valence electrons. The summed E-state index contributed by atoms with van der Waals surface area (Å²) >= 11 is 0. The van der Waals surface area contributed by atoms with E-state index in [1.165, 1.54) is 83.7 Å². The fraction of sp³-hybridized carbons (Fsp3) is 0.160. The molecule has 0 saturated heterocycles. The third-order valence-corrected chi connectivity index (χ3v) is 15.5. The largest absolute Gasteiger partial charge is 0.213 e. The Morgan fingerprint density at radius 2 is 0.647 bits per heavy atom. The molecule has 0 saturated carbocycles. The van der Waals surface area contributed by atoms with E-state index in [0.29, 0.717) is 11.1 Å². The zero-order chi connectivity index (χ0) is 64.3. The van der Waals surface area contributed by atoms with Gasteiger partial charge < -0.3 is 0 Å². The van der Waals surface area contributed by atoms with E-state index in [1.807, 2.05) is 76.5 Å². The highest BCUT2D eigenvalue weighted by atomic mass is 14.9. The Morgan fingerprint density at radius 1 is 0.247 bits per heavy atom. The lowest BCUT2D eigenvalue weighted by Gasteiger charge is -2.10. The van der Waals surface area contributed by atoms with Gasteiger partial charge in [-0.3, -0.25) is 0 Å². The van der Waals surface area contributed by atoms with E-state index in [1.54, 1.807) is 24.3 Å². The summed E-state index contributed by atoms with van der Waals surface area (Å²) in [5.41, 5.74) is 26.9. The Kier molecular flexibility index (Phi) is 17.9. The molecule has 0 unspecified atom stereocenters. The van der Waals surface area contributed by atoms with Crippen molar-refractivity contribution >= 4 is 0 Å². The van der Waals surface area contributed by atoms with E-state index < -0.39 is 13.7 Å². The molecule has 0 aliphatic rings. The molecule has 85 heavy (non-hydrogen) atoms. The van der Waals surface area contributed by atoms with Gasteiger partial charge in [0.15, 0.2) is 24.8 Å². The van der Waals surface area contributed by atoms with Crippen LogP contribution >= 0.6 is 0 Å². The monoisotopic (exact) mass is 1120 g/mol. The first-order valence-electron chi connectivity index (χ1n) is 31.6. The lowest BCUT2D eigenvalue weighted by atomic mass is 9.97. The summed E-state index contributed by atoms with van der Waals surface area (Å²) in [4.78, 5) is 0. The Labute approximate surface area is 516 Å². The molecule has 4 aromatic heterocycles. The Bertz CT molecular complexity index is 4430. The number of nitrogens with zero attached hydrogens (tertiary/aromatic N) is 4. The zero-order valence-corrected chi connectivity index (χ0v) is 50.2. The van der Waals surface area contributed by atoms with Crippen molar-refractivity contribution in [3.63, 3.8) is 0 Å². The molecule has 12 aromatic rings. The van der Waals surface area contributed by atoms with Crippen molar-refractivity contribution in [1.82, 2.24) is 0 Å². The number of rotatable bonds is 8. The van der Waals surface area contributed by atoms with Gasteiger partial charge in [-0.25, -0.2) is 18.3 Å². The second kappa shape index (κ2) is 28.6. The normalized spacial score (nSPS) is 11.8. The number of benzene rings is 8. The van der Waals surface area contributed by atoms with E-state index in [4.69, 9.17) is 8.22 Å². The molecule has 0 atom stereocenters. The first-order chi connectivity index (χ1) is 43.0. The lowest BCUT2D eigenvalue weighted by molar-refractivity contribution is -0.660. The van der Waals surface area contributed by atoms with Crippen molar-refractivity contribution in [3.8, 4) is 89.5 Å². The Hall–Kier alpha value is -9.64. The fourth-order valence-electron chi connectivity index (χ4n) is 10.9. The maximum Gasteiger partial charge on any atom is 0.213 e. The van der Waals surface area contributed by atoms with Crippen molar-refractivity contribution in [2.45, 2.75) is 62.7 Å². The van der Waals surface area contributed by atoms with E-state index in [9.17, 15) is 0 Å². The van der Waals surface area contributed by atoms with Crippen LogP contribution in [-0.4, -0.2) is 0 Å². The van der Waals surface area contributed by atoms with Crippen molar-refractivity contribution in [1.29, 1.82) is 0 Å². The van der Waals surface area contributed by atoms with Crippen LogP contribution in [0.4, 0.5) is 0 Å². The Balaban J connectivity index is 0.000000156. The van der Waals surface area contributed by atoms with Crippen molar-refractivity contribution in [2.24, 2.45) is 28.2 Å². The predicted octanol–water partition coefficient (Wildman–Crippen LogP) is 18.5. The van der Waals surface area contributed by atoms with E-state index in [2.05, 4.69) is 255 Å². The van der Waals surface area contributed by atoms with Crippen molar-refractivity contribution in [3.05, 3.63) is 312 Å². The van der Waals surface area contributed by atoms with Crippen LogP contribution in [0.1, 0.15) is 60.2 Å². The fourth-order valence-corrected chi connectivity index (χ4v) is 10.9. The van der Waals surface area contributed by atoms with Gasteiger partial charge >= 0.3 is 0 Å². The first kappa shape index (κ1) is 53.4. The second-order valence-electron chi connectivity index (χ2n) is 21.7. The van der Waals surface area contributed by atoms with Crippen LogP contribution in [0.15, 0.2) is 267 Å². The zero-order valence-electron chi connectivity index (χ0n) is 56.2. The summed E-state index contributed by atoms with van der Waals surface area (Å²) in [7, 11) is 8.25. The quantitative estimate of drug-likeness (QED) is 0.135. The second-order valence-corrected chi connectivity index (χ2v) is 21.7. The minimum atomic E-state index is -2.07. The smallest absolute Gasteiger partial charge is 0.201 e. The molecule has 0 bridgehead atoms. The van der Waals surface area contributed by atoms with Crippen LogP contribution in [0.2, 0.25) is 0 Å². The molecule has 0 aliphatic carbocycles. The summed E-state index contributed by atoms with van der Waals surface area (Å²) in [6.45, 7) is 8.38. The van der Waals surface area contributed by atoms with Crippen LogP contribution in [0.25, 0.3) is 89.5 Å². The predicted molar refractivity (Wildman–Crippen MR) is 359 cm³/mol. The molecule has 4 heteroatoms. The molecule has 0 radical (unpaired) electrons. The maximum atomic E-state index is 7.57. The lowest BCUT2D eigenvalue weighted by Crippen LogP contribution is -2.31. The molecular weight excluding hydrogens is 1030 g/mol. The summed E-state index contributed by atoms with van der Waals surface area (Å²) in [6, 6.07) is 82.5. The van der Waals surface area contributed by atoms with E-state index >= 15 is 0 Å². The third kappa shape index (κ3) is 15.1. The maximum absolute atomic E-state index is 7.57. The highest BCUT2D eigenvalue weighted by Crippen LogP contribution is 2.31. The van der Waals surface area contributed by atoms with Gasteiger partial charge in [-0.1, -0.05) is 201 Å². The third-order valence-electron chi connectivity index (χ3n) is 15.5. The molecule has 8 aromatic carbocycles. The average molecular weight is 1120 g/mol. The van der Waals surface area contributed by atoms with Crippen LogP contribution in [0.5, 0.6) is 0 Å². The molecular formula is C81H84N4+4. The molecule has 4 nitrogen and oxygen atoms in total. The average Bonchev–Trinajstić information content (AvgIpc) is 1.46. The van der Waals surface area contributed by atoms with Crippen LogP contribution in [-0.2, 0) is 28.2 Å². The highest BCUT2D eigenvalue weighted by molar-refractivity contribution is 5.74. The SMILES string of the molecule is C.Cc1c[n+](C)c(-c2ccccc2C)cc1-c1ccccc1.Cc1ccccc1-c1cc(-c2ccccc2)cc[n+]1C.[2H]C([2H])([2H])c1ccc(-c2cc(C)c(-c3ccccc3)c[n+]2C)c(C)c1.[2H]C([2H])([2H])c1ccc(-c2ccc(-c3ccccc3)c[n+]2C)c(C)c1.